The fourth-order valence-corrected chi connectivity index (χ4v) is 2.62. The Balaban J connectivity index is 2.16. The number of carbonyl (C=O) groups is 1. The van der Waals surface area contributed by atoms with Gasteiger partial charge in [0, 0.05) is 21.2 Å². The molecule has 1 N–H and O–H groups in total. The minimum Gasteiger partial charge on any atom is -0.481 e. The highest BCUT2D eigenvalue weighted by atomic mass is 35.5. The first kappa shape index (κ1) is 15.6. The summed E-state index contributed by atoms with van der Waals surface area (Å²) in [6.45, 7) is 0. The SMILES string of the molecule is O=C(O)Cc1cnn(-c2ccc(Cl)cc2)c1-c1ccc(Cl)cc1. The lowest BCUT2D eigenvalue weighted by molar-refractivity contribution is -0.136. The maximum absolute atomic E-state index is 11.1. The second-order valence-corrected chi connectivity index (χ2v) is 5.86. The Morgan fingerprint density at radius 1 is 1.00 bits per heavy atom. The lowest BCUT2D eigenvalue weighted by Crippen LogP contribution is -2.03. The van der Waals surface area contributed by atoms with Gasteiger partial charge in [-0.1, -0.05) is 35.3 Å². The molecule has 1 aromatic heterocycles. The minimum absolute atomic E-state index is 0.106. The van der Waals surface area contributed by atoms with Crippen LogP contribution in [-0.4, -0.2) is 20.9 Å². The van der Waals surface area contributed by atoms with Crippen molar-refractivity contribution >= 4 is 29.2 Å². The van der Waals surface area contributed by atoms with E-state index in [0.29, 0.717) is 15.6 Å². The summed E-state index contributed by atoms with van der Waals surface area (Å²) in [4.78, 5) is 11.1. The highest BCUT2D eigenvalue weighted by Gasteiger charge is 2.16. The molecule has 0 saturated carbocycles. The van der Waals surface area contributed by atoms with Gasteiger partial charge in [0.25, 0.3) is 0 Å². The fourth-order valence-electron chi connectivity index (χ4n) is 2.37. The zero-order valence-electron chi connectivity index (χ0n) is 11.9. The molecule has 0 atom stereocenters. The molecule has 0 amide bonds. The first-order valence-electron chi connectivity index (χ1n) is 6.85. The molecule has 0 fully saturated rings. The number of rotatable bonds is 4. The molecule has 0 radical (unpaired) electrons. The molecule has 2 aromatic carbocycles. The van der Waals surface area contributed by atoms with Crippen LogP contribution < -0.4 is 0 Å². The molecule has 0 spiro atoms. The van der Waals surface area contributed by atoms with Crippen LogP contribution in [-0.2, 0) is 11.2 Å². The highest BCUT2D eigenvalue weighted by molar-refractivity contribution is 6.30. The summed E-state index contributed by atoms with van der Waals surface area (Å²) >= 11 is 11.9. The molecule has 23 heavy (non-hydrogen) atoms. The van der Waals surface area contributed by atoms with Gasteiger partial charge in [-0.25, -0.2) is 4.68 Å². The molecule has 3 aromatic rings. The molecular weight excluding hydrogens is 335 g/mol. The van der Waals surface area contributed by atoms with Gasteiger partial charge in [0.15, 0.2) is 0 Å². The lowest BCUT2D eigenvalue weighted by atomic mass is 10.1. The Bertz CT molecular complexity index is 840. The molecular formula is C17H12Cl2N2O2. The summed E-state index contributed by atoms with van der Waals surface area (Å²) in [5, 5.41) is 14.7. The van der Waals surface area contributed by atoms with E-state index in [1.54, 1.807) is 35.1 Å². The number of carboxylic acid groups (broad SMARTS) is 1. The quantitative estimate of drug-likeness (QED) is 0.757. The molecule has 6 heteroatoms. The molecule has 0 aliphatic heterocycles. The Kier molecular flexibility index (Phi) is 4.37. The van der Waals surface area contributed by atoms with Crippen LogP contribution in [0.4, 0.5) is 0 Å². The van der Waals surface area contributed by atoms with Gasteiger partial charge in [-0.3, -0.25) is 4.79 Å². The summed E-state index contributed by atoms with van der Waals surface area (Å²) in [5.74, 6) is -0.907. The van der Waals surface area contributed by atoms with E-state index in [1.807, 2.05) is 24.3 Å². The second kappa shape index (κ2) is 6.44. The highest BCUT2D eigenvalue weighted by Crippen LogP contribution is 2.28. The van der Waals surface area contributed by atoms with E-state index in [1.165, 1.54) is 0 Å². The minimum atomic E-state index is -0.907. The predicted molar refractivity (Wildman–Crippen MR) is 90.4 cm³/mol. The maximum Gasteiger partial charge on any atom is 0.307 e. The van der Waals surface area contributed by atoms with Gasteiger partial charge in [0.05, 0.1) is 24.0 Å². The van der Waals surface area contributed by atoms with Crippen molar-refractivity contribution in [3.05, 3.63) is 70.3 Å². The van der Waals surface area contributed by atoms with Crippen LogP contribution in [0.15, 0.2) is 54.7 Å². The summed E-state index contributed by atoms with van der Waals surface area (Å²) in [5.41, 5.74) is 3.01. The van der Waals surface area contributed by atoms with Crippen LogP contribution in [0, 0.1) is 0 Å². The van der Waals surface area contributed by atoms with Crippen LogP contribution in [0.5, 0.6) is 0 Å². The second-order valence-electron chi connectivity index (χ2n) is 4.98. The monoisotopic (exact) mass is 346 g/mol. The molecule has 116 valence electrons. The maximum atomic E-state index is 11.1. The van der Waals surface area contributed by atoms with Crippen molar-refractivity contribution in [1.29, 1.82) is 0 Å². The number of hydrogen-bond donors (Lipinski definition) is 1. The summed E-state index contributed by atoms with van der Waals surface area (Å²) in [6.07, 6.45) is 1.47. The molecule has 1 heterocycles. The summed E-state index contributed by atoms with van der Waals surface area (Å²) < 4.78 is 1.71. The average Bonchev–Trinajstić information content (AvgIpc) is 2.92. The van der Waals surface area contributed by atoms with Crippen molar-refractivity contribution in [2.45, 2.75) is 6.42 Å². The molecule has 4 nitrogen and oxygen atoms in total. The van der Waals surface area contributed by atoms with E-state index < -0.39 is 5.97 Å². The van der Waals surface area contributed by atoms with Crippen molar-refractivity contribution in [1.82, 2.24) is 9.78 Å². The van der Waals surface area contributed by atoms with Crippen LogP contribution >= 0.6 is 23.2 Å². The largest absolute Gasteiger partial charge is 0.481 e. The van der Waals surface area contributed by atoms with Crippen LogP contribution in [0.25, 0.3) is 16.9 Å². The number of carboxylic acids is 1. The third-order valence-corrected chi connectivity index (χ3v) is 3.88. The van der Waals surface area contributed by atoms with E-state index in [0.717, 1.165) is 16.9 Å². The van der Waals surface area contributed by atoms with Gasteiger partial charge < -0.3 is 5.11 Å². The Morgan fingerprint density at radius 3 is 2.13 bits per heavy atom. The van der Waals surface area contributed by atoms with Crippen molar-refractivity contribution < 1.29 is 9.90 Å². The van der Waals surface area contributed by atoms with E-state index in [-0.39, 0.29) is 6.42 Å². The third kappa shape index (κ3) is 3.38. The van der Waals surface area contributed by atoms with Crippen molar-refractivity contribution in [3.8, 4) is 16.9 Å². The van der Waals surface area contributed by atoms with Gasteiger partial charge in [-0.05, 0) is 36.4 Å². The number of hydrogen-bond acceptors (Lipinski definition) is 2. The topological polar surface area (TPSA) is 55.1 Å². The standard InChI is InChI=1S/C17H12Cl2N2O2/c18-13-3-1-11(2-4-13)17-12(9-16(22)23)10-20-21(17)15-7-5-14(19)6-8-15/h1-8,10H,9H2,(H,22,23). The van der Waals surface area contributed by atoms with E-state index in [9.17, 15) is 4.79 Å². The van der Waals surface area contributed by atoms with Gasteiger partial charge in [-0.2, -0.15) is 5.10 Å². The molecule has 3 rings (SSSR count). The third-order valence-electron chi connectivity index (χ3n) is 3.38. The Morgan fingerprint density at radius 2 is 1.57 bits per heavy atom. The molecule has 0 aliphatic carbocycles. The molecule has 0 aliphatic rings. The molecule has 0 saturated heterocycles. The smallest absolute Gasteiger partial charge is 0.307 e. The van der Waals surface area contributed by atoms with Gasteiger partial charge in [0.2, 0.25) is 0 Å². The summed E-state index contributed by atoms with van der Waals surface area (Å²) in [7, 11) is 0. The predicted octanol–water partition coefficient (Wildman–Crippen LogP) is 4.47. The average molecular weight is 347 g/mol. The molecule has 0 bridgehead atoms. The van der Waals surface area contributed by atoms with E-state index in [4.69, 9.17) is 28.3 Å². The van der Waals surface area contributed by atoms with Crippen molar-refractivity contribution in [2.75, 3.05) is 0 Å². The van der Waals surface area contributed by atoms with Gasteiger partial charge in [0.1, 0.15) is 0 Å². The number of aromatic nitrogens is 2. The normalized spacial score (nSPS) is 10.7. The Labute approximate surface area is 142 Å². The molecule has 0 unspecified atom stereocenters. The zero-order chi connectivity index (χ0) is 16.4. The number of benzene rings is 2. The van der Waals surface area contributed by atoms with Crippen LogP contribution in [0.3, 0.4) is 0 Å². The van der Waals surface area contributed by atoms with Crippen LogP contribution in [0.2, 0.25) is 10.0 Å². The van der Waals surface area contributed by atoms with Gasteiger partial charge >= 0.3 is 5.97 Å². The summed E-state index contributed by atoms with van der Waals surface area (Å²) in [6, 6.07) is 14.4. The van der Waals surface area contributed by atoms with Crippen molar-refractivity contribution in [2.24, 2.45) is 0 Å². The van der Waals surface area contributed by atoms with Crippen LogP contribution in [0.1, 0.15) is 5.56 Å². The zero-order valence-corrected chi connectivity index (χ0v) is 13.4. The number of aliphatic carboxylic acids is 1. The van der Waals surface area contributed by atoms with Gasteiger partial charge in [-0.15, -0.1) is 0 Å². The Hall–Kier alpha value is -2.30. The lowest BCUT2D eigenvalue weighted by Gasteiger charge is -2.10. The number of nitrogens with zero attached hydrogens (tertiary/aromatic N) is 2. The van der Waals surface area contributed by atoms with E-state index in [2.05, 4.69) is 5.10 Å². The first-order chi connectivity index (χ1) is 11.0. The van der Waals surface area contributed by atoms with Crippen molar-refractivity contribution in [3.63, 3.8) is 0 Å². The van der Waals surface area contributed by atoms with E-state index >= 15 is 0 Å². The number of halogens is 2. The first-order valence-corrected chi connectivity index (χ1v) is 7.61. The fraction of sp³-hybridized carbons (Fsp3) is 0.0588.